The second kappa shape index (κ2) is 10.4. The number of rotatable bonds is 9. The topological polar surface area (TPSA) is 148 Å². The Morgan fingerprint density at radius 3 is 2.22 bits per heavy atom. The van der Waals surface area contributed by atoms with Crippen molar-refractivity contribution in [3.8, 4) is 28.6 Å². The van der Waals surface area contributed by atoms with Gasteiger partial charge in [0.25, 0.3) is 0 Å². The molecule has 0 bridgehead atoms. The Morgan fingerprint density at radius 1 is 1.00 bits per heavy atom. The first kappa shape index (κ1) is 25.2. The Balaban J connectivity index is 1.90. The van der Waals surface area contributed by atoms with Gasteiger partial charge in [0.2, 0.25) is 10.0 Å². The fourth-order valence-electron chi connectivity index (χ4n) is 3.98. The number of primary sulfonamides is 1. The highest BCUT2D eigenvalue weighted by Crippen LogP contribution is 2.37. The molecule has 2 unspecified atom stereocenters. The Hall–Kier alpha value is -3.90. The summed E-state index contributed by atoms with van der Waals surface area (Å²) in [5.41, 5.74) is 2.06. The molecule has 4 aromatic rings. The van der Waals surface area contributed by atoms with E-state index < -0.39 is 21.2 Å². The molecule has 0 radical (unpaired) electrons. The van der Waals surface area contributed by atoms with Crippen molar-refractivity contribution in [1.82, 2.24) is 29.7 Å². The molecule has 0 spiro atoms. The number of ether oxygens (including phenoxy) is 2. The molecule has 0 saturated heterocycles. The zero-order valence-corrected chi connectivity index (χ0v) is 21.2. The van der Waals surface area contributed by atoms with E-state index >= 15 is 0 Å². The van der Waals surface area contributed by atoms with Crippen molar-refractivity contribution >= 4 is 10.0 Å². The molecule has 0 aliphatic rings. The number of aromatic nitrogens is 6. The van der Waals surface area contributed by atoms with Crippen LogP contribution < -0.4 is 14.6 Å². The number of benzene rings is 1. The van der Waals surface area contributed by atoms with Gasteiger partial charge in [0.05, 0.1) is 19.5 Å². The first-order valence-electron chi connectivity index (χ1n) is 11.1. The molecule has 188 valence electrons. The van der Waals surface area contributed by atoms with Gasteiger partial charge in [-0.25, -0.2) is 23.5 Å². The van der Waals surface area contributed by atoms with Gasteiger partial charge in [-0.15, -0.1) is 10.2 Å². The smallest absolute Gasteiger partial charge is 0.213 e. The standard InChI is InChI=1S/C24H27N7O4S/c1-15-12-27-23(28-13-15)16(2)20(36(25,32)33)11-21-29-30-24(17-7-6-10-26-14-17)31(21)22-18(34-3)8-5-9-19(22)35-4/h5-10,12-14,16,20H,11H2,1-4H3,(H2,25,32,33). The number of sulfonamides is 1. The summed E-state index contributed by atoms with van der Waals surface area (Å²) in [6.07, 6.45) is 6.51. The lowest BCUT2D eigenvalue weighted by molar-refractivity contribution is 0.390. The third-order valence-corrected chi connectivity index (χ3v) is 7.27. The molecular formula is C24H27N7O4S. The van der Waals surface area contributed by atoms with Gasteiger partial charge in [0.1, 0.15) is 28.8 Å². The first-order chi connectivity index (χ1) is 17.2. The lowest BCUT2D eigenvalue weighted by Crippen LogP contribution is -2.36. The van der Waals surface area contributed by atoms with E-state index in [-0.39, 0.29) is 6.42 Å². The van der Waals surface area contributed by atoms with E-state index in [0.29, 0.717) is 40.2 Å². The Kier molecular flexibility index (Phi) is 7.27. The monoisotopic (exact) mass is 509 g/mol. The van der Waals surface area contributed by atoms with Crippen molar-refractivity contribution < 1.29 is 17.9 Å². The van der Waals surface area contributed by atoms with Crippen molar-refractivity contribution in [2.45, 2.75) is 31.4 Å². The second-order valence-corrected chi connectivity index (χ2v) is 10.1. The lowest BCUT2D eigenvalue weighted by Gasteiger charge is -2.22. The Labute approximate surface area is 209 Å². The van der Waals surface area contributed by atoms with E-state index in [1.165, 1.54) is 14.2 Å². The molecule has 4 rings (SSSR count). The predicted octanol–water partition coefficient (Wildman–Crippen LogP) is 2.45. The summed E-state index contributed by atoms with van der Waals surface area (Å²) in [4.78, 5) is 12.8. The number of nitrogens with two attached hydrogens (primary N) is 1. The van der Waals surface area contributed by atoms with E-state index in [4.69, 9.17) is 14.6 Å². The summed E-state index contributed by atoms with van der Waals surface area (Å²) in [6.45, 7) is 3.58. The van der Waals surface area contributed by atoms with Crippen LogP contribution in [0.25, 0.3) is 17.1 Å². The summed E-state index contributed by atoms with van der Waals surface area (Å²) in [5, 5.41) is 13.4. The van der Waals surface area contributed by atoms with E-state index in [1.807, 2.05) is 13.0 Å². The van der Waals surface area contributed by atoms with Gasteiger partial charge in [-0.1, -0.05) is 13.0 Å². The normalized spacial score (nSPS) is 13.2. The number of para-hydroxylation sites is 1. The van der Waals surface area contributed by atoms with Gasteiger partial charge in [-0.2, -0.15) is 0 Å². The number of aryl methyl sites for hydroxylation is 1. The highest BCUT2D eigenvalue weighted by molar-refractivity contribution is 7.89. The maximum absolute atomic E-state index is 12.8. The number of pyridine rings is 1. The van der Waals surface area contributed by atoms with Crippen LogP contribution in [0.2, 0.25) is 0 Å². The van der Waals surface area contributed by atoms with Crippen molar-refractivity contribution in [3.63, 3.8) is 0 Å². The minimum atomic E-state index is -4.04. The van der Waals surface area contributed by atoms with Crippen LogP contribution in [0.5, 0.6) is 11.5 Å². The van der Waals surface area contributed by atoms with Crippen LogP contribution >= 0.6 is 0 Å². The fraction of sp³-hybridized carbons (Fsp3) is 0.292. The number of nitrogens with zero attached hydrogens (tertiary/aromatic N) is 6. The van der Waals surface area contributed by atoms with E-state index in [9.17, 15) is 8.42 Å². The molecule has 0 saturated carbocycles. The van der Waals surface area contributed by atoms with Gasteiger partial charge in [0.15, 0.2) is 5.82 Å². The summed E-state index contributed by atoms with van der Waals surface area (Å²) in [5.74, 6) is 1.51. The van der Waals surface area contributed by atoms with E-state index in [1.54, 1.807) is 60.5 Å². The van der Waals surface area contributed by atoms with Crippen LogP contribution in [0.3, 0.4) is 0 Å². The molecule has 36 heavy (non-hydrogen) atoms. The van der Waals surface area contributed by atoms with E-state index in [2.05, 4.69) is 25.1 Å². The van der Waals surface area contributed by atoms with Gasteiger partial charge >= 0.3 is 0 Å². The van der Waals surface area contributed by atoms with Crippen molar-refractivity contribution in [2.75, 3.05) is 14.2 Å². The quantitative estimate of drug-likeness (QED) is 0.359. The first-order valence-corrected chi connectivity index (χ1v) is 12.7. The molecular weight excluding hydrogens is 482 g/mol. The summed E-state index contributed by atoms with van der Waals surface area (Å²) in [7, 11) is -0.967. The molecule has 3 aromatic heterocycles. The molecule has 11 nitrogen and oxygen atoms in total. The van der Waals surface area contributed by atoms with Crippen molar-refractivity contribution in [3.05, 3.63) is 72.3 Å². The molecule has 0 aliphatic heterocycles. The average molecular weight is 510 g/mol. The van der Waals surface area contributed by atoms with Crippen molar-refractivity contribution in [1.29, 1.82) is 0 Å². The largest absolute Gasteiger partial charge is 0.494 e. The minimum Gasteiger partial charge on any atom is -0.494 e. The zero-order valence-electron chi connectivity index (χ0n) is 20.4. The molecule has 0 aliphatic carbocycles. The van der Waals surface area contributed by atoms with Crippen LogP contribution in [-0.2, 0) is 16.4 Å². The average Bonchev–Trinajstić information content (AvgIpc) is 3.29. The van der Waals surface area contributed by atoms with Crippen LogP contribution in [0.15, 0.2) is 55.1 Å². The lowest BCUT2D eigenvalue weighted by atomic mass is 10.0. The van der Waals surface area contributed by atoms with Crippen LogP contribution in [0.1, 0.15) is 30.1 Å². The number of hydrogen-bond acceptors (Lipinski definition) is 9. The minimum absolute atomic E-state index is 0.0638. The maximum atomic E-state index is 12.8. The highest BCUT2D eigenvalue weighted by Gasteiger charge is 2.34. The van der Waals surface area contributed by atoms with Gasteiger partial charge in [0, 0.05) is 42.7 Å². The third-order valence-electron chi connectivity index (χ3n) is 5.85. The molecule has 3 heterocycles. The van der Waals surface area contributed by atoms with Gasteiger partial charge < -0.3 is 9.47 Å². The second-order valence-electron chi connectivity index (χ2n) is 8.27. The zero-order chi connectivity index (χ0) is 25.9. The van der Waals surface area contributed by atoms with Crippen LogP contribution in [0.4, 0.5) is 0 Å². The Bertz CT molecular complexity index is 1420. The van der Waals surface area contributed by atoms with Gasteiger partial charge in [-0.3, -0.25) is 9.55 Å². The predicted molar refractivity (Wildman–Crippen MR) is 133 cm³/mol. The molecule has 2 N–H and O–H groups in total. The maximum Gasteiger partial charge on any atom is 0.213 e. The fourth-order valence-corrected chi connectivity index (χ4v) is 5.05. The highest BCUT2D eigenvalue weighted by atomic mass is 32.2. The van der Waals surface area contributed by atoms with Crippen molar-refractivity contribution in [2.24, 2.45) is 5.14 Å². The summed E-state index contributed by atoms with van der Waals surface area (Å²) < 4.78 is 38.6. The van der Waals surface area contributed by atoms with Gasteiger partial charge in [-0.05, 0) is 36.8 Å². The molecule has 2 atom stereocenters. The SMILES string of the molecule is COc1cccc(OC)c1-n1c(CC(C(C)c2ncc(C)cn2)S(N)(=O)=O)nnc1-c1cccnc1. The number of methoxy groups -OCH3 is 2. The number of hydrogen-bond donors (Lipinski definition) is 1. The molecule has 1 aromatic carbocycles. The Morgan fingerprint density at radius 2 is 1.67 bits per heavy atom. The molecule has 12 heteroatoms. The third kappa shape index (κ3) is 5.04. The van der Waals surface area contributed by atoms with Crippen LogP contribution in [-0.4, -0.2) is 57.6 Å². The molecule has 0 fully saturated rings. The summed E-state index contributed by atoms with van der Waals surface area (Å²) >= 11 is 0. The van der Waals surface area contributed by atoms with E-state index in [0.717, 1.165) is 5.56 Å². The summed E-state index contributed by atoms with van der Waals surface area (Å²) in [6, 6.07) is 8.94. The van der Waals surface area contributed by atoms with Crippen LogP contribution in [0, 0.1) is 6.92 Å². The molecule has 0 amide bonds.